The molecule has 2 aromatic heterocycles. The number of aryl methyl sites for hydroxylation is 1. The van der Waals surface area contributed by atoms with Crippen molar-refractivity contribution in [1.82, 2.24) is 19.4 Å². The minimum atomic E-state index is -3.93. The van der Waals surface area contributed by atoms with Crippen molar-refractivity contribution in [3.8, 4) is 17.6 Å². The Morgan fingerprint density at radius 3 is 2.33 bits per heavy atom. The highest BCUT2D eigenvalue weighted by Crippen LogP contribution is 2.25. The number of methoxy groups -OCH3 is 2. The molecule has 0 aliphatic carbocycles. The standard InChI is InChI=1S/C25H31N5O5S/c1-17-14-21(22(31)16-29-12-6-5-7-13-29)18(2)30(17)19-8-10-20(11-9-19)36(32,33)28-23-15-24(34-3)27-25(26-23)35-4/h8-11,14-15H,5-7,12-13,16H2,1-4H3,(H,26,27,28). The van der Waals surface area contributed by atoms with Crippen LogP contribution in [0.15, 0.2) is 41.3 Å². The minimum absolute atomic E-state index is 0.0217. The maximum atomic E-state index is 13.0. The molecule has 1 aliphatic rings. The zero-order valence-electron chi connectivity index (χ0n) is 20.9. The first-order valence-corrected chi connectivity index (χ1v) is 13.2. The van der Waals surface area contributed by atoms with Gasteiger partial charge < -0.3 is 14.0 Å². The van der Waals surface area contributed by atoms with Crippen LogP contribution in [0, 0.1) is 13.8 Å². The van der Waals surface area contributed by atoms with E-state index in [1.807, 2.05) is 24.5 Å². The first kappa shape index (κ1) is 25.6. The Labute approximate surface area is 211 Å². The molecule has 1 aromatic carbocycles. The molecule has 1 saturated heterocycles. The molecule has 1 fully saturated rings. The molecule has 3 aromatic rings. The smallest absolute Gasteiger partial charge is 0.321 e. The number of carbonyl (C=O) groups is 1. The Morgan fingerprint density at radius 2 is 1.69 bits per heavy atom. The van der Waals surface area contributed by atoms with Crippen molar-refractivity contribution in [2.24, 2.45) is 0 Å². The van der Waals surface area contributed by atoms with E-state index >= 15 is 0 Å². The number of aromatic nitrogens is 3. The predicted molar refractivity (Wildman–Crippen MR) is 136 cm³/mol. The molecule has 1 aliphatic heterocycles. The molecule has 0 spiro atoms. The average Bonchev–Trinajstić information content (AvgIpc) is 3.17. The van der Waals surface area contributed by atoms with E-state index in [2.05, 4.69) is 19.6 Å². The van der Waals surface area contributed by atoms with Crippen LogP contribution < -0.4 is 14.2 Å². The van der Waals surface area contributed by atoms with Gasteiger partial charge >= 0.3 is 6.01 Å². The fourth-order valence-electron chi connectivity index (χ4n) is 4.47. The fourth-order valence-corrected chi connectivity index (χ4v) is 5.46. The normalized spacial score (nSPS) is 14.4. The number of hydrogen-bond acceptors (Lipinski definition) is 8. The summed E-state index contributed by atoms with van der Waals surface area (Å²) in [4.78, 5) is 23.3. The lowest BCUT2D eigenvalue weighted by atomic mass is 10.1. The topological polar surface area (TPSA) is 116 Å². The first-order valence-electron chi connectivity index (χ1n) is 11.8. The van der Waals surface area contributed by atoms with Gasteiger partial charge in [-0.25, -0.2) is 8.42 Å². The Morgan fingerprint density at radius 1 is 1.00 bits per heavy atom. The summed E-state index contributed by atoms with van der Waals surface area (Å²) < 4.78 is 40.4. The van der Waals surface area contributed by atoms with Crippen molar-refractivity contribution in [1.29, 1.82) is 0 Å². The van der Waals surface area contributed by atoms with Crippen LogP contribution in [-0.4, -0.2) is 67.5 Å². The van der Waals surface area contributed by atoms with Gasteiger partial charge in [0.05, 0.1) is 25.7 Å². The number of anilines is 1. The highest BCUT2D eigenvalue weighted by Gasteiger charge is 2.21. The van der Waals surface area contributed by atoms with Crippen LogP contribution >= 0.6 is 0 Å². The Hall–Kier alpha value is -3.44. The van der Waals surface area contributed by atoms with Crippen LogP contribution in [0.1, 0.15) is 41.0 Å². The molecule has 3 heterocycles. The van der Waals surface area contributed by atoms with Crippen LogP contribution in [0.5, 0.6) is 11.9 Å². The van der Waals surface area contributed by atoms with Gasteiger partial charge in [-0.15, -0.1) is 0 Å². The number of rotatable bonds is 9. The molecule has 0 unspecified atom stereocenters. The number of Topliss-reactive ketones (excluding diaryl/α,β-unsaturated/α-hetero) is 1. The van der Waals surface area contributed by atoms with E-state index in [1.165, 1.54) is 38.8 Å². The van der Waals surface area contributed by atoms with Gasteiger partial charge in [0.25, 0.3) is 10.0 Å². The largest absolute Gasteiger partial charge is 0.481 e. The molecule has 36 heavy (non-hydrogen) atoms. The number of nitrogens with zero attached hydrogens (tertiary/aromatic N) is 4. The lowest BCUT2D eigenvalue weighted by Crippen LogP contribution is -2.34. The maximum Gasteiger partial charge on any atom is 0.321 e. The third-order valence-corrected chi connectivity index (χ3v) is 7.64. The molecule has 0 bridgehead atoms. The predicted octanol–water partition coefficient (Wildman–Crippen LogP) is 3.37. The van der Waals surface area contributed by atoms with Crippen molar-refractivity contribution in [2.75, 3.05) is 38.6 Å². The number of nitrogens with one attached hydrogen (secondary N) is 1. The molecule has 11 heteroatoms. The van der Waals surface area contributed by atoms with Crippen LogP contribution in [-0.2, 0) is 10.0 Å². The van der Waals surface area contributed by atoms with Crippen LogP contribution in [0.3, 0.4) is 0 Å². The fraction of sp³-hybridized carbons (Fsp3) is 0.400. The number of hydrogen-bond donors (Lipinski definition) is 1. The van der Waals surface area contributed by atoms with Crippen molar-refractivity contribution >= 4 is 21.6 Å². The Bertz CT molecular complexity index is 1320. The average molecular weight is 514 g/mol. The number of ether oxygens (including phenoxy) is 2. The Kier molecular flexibility index (Phi) is 7.60. The van der Waals surface area contributed by atoms with Gasteiger partial charge in [-0.1, -0.05) is 6.42 Å². The summed E-state index contributed by atoms with van der Waals surface area (Å²) in [6.45, 7) is 6.20. The van der Waals surface area contributed by atoms with Crippen LogP contribution in [0.4, 0.5) is 5.82 Å². The molecular formula is C25H31N5O5S. The molecule has 0 atom stereocenters. The second-order valence-electron chi connectivity index (χ2n) is 8.76. The van der Waals surface area contributed by atoms with Gasteiger partial charge in [-0.2, -0.15) is 9.97 Å². The summed E-state index contributed by atoms with van der Waals surface area (Å²) in [5.41, 5.74) is 3.21. The number of carbonyl (C=O) groups excluding carboxylic acids is 1. The number of ketones is 1. The van der Waals surface area contributed by atoms with Gasteiger partial charge in [-0.05, 0) is 70.1 Å². The molecule has 4 rings (SSSR count). The SMILES string of the molecule is COc1cc(NS(=O)(=O)c2ccc(-n3c(C)cc(C(=O)CN4CCCCC4)c3C)cc2)nc(OC)n1. The van der Waals surface area contributed by atoms with E-state index in [4.69, 9.17) is 9.47 Å². The summed E-state index contributed by atoms with van der Waals surface area (Å²) in [5.74, 6) is 0.297. The van der Waals surface area contributed by atoms with Crippen LogP contribution in [0.2, 0.25) is 0 Å². The van der Waals surface area contributed by atoms with Crippen molar-refractivity contribution in [3.63, 3.8) is 0 Å². The summed E-state index contributed by atoms with van der Waals surface area (Å²) in [6, 6.07) is 9.71. The van der Waals surface area contributed by atoms with E-state index in [0.29, 0.717) is 12.1 Å². The first-order chi connectivity index (χ1) is 17.2. The lowest BCUT2D eigenvalue weighted by Gasteiger charge is -2.25. The number of sulfonamides is 1. The zero-order chi connectivity index (χ0) is 25.9. The van der Waals surface area contributed by atoms with Crippen molar-refractivity contribution in [3.05, 3.63) is 53.3 Å². The van der Waals surface area contributed by atoms with Gasteiger partial charge in [0.1, 0.15) is 0 Å². The molecule has 0 saturated carbocycles. The van der Waals surface area contributed by atoms with E-state index in [1.54, 1.807) is 12.1 Å². The van der Waals surface area contributed by atoms with Gasteiger partial charge in [0.2, 0.25) is 5.88 Å². The van der Waals surface area contributed by atoms with E-state index in [9.17, 15) is 13.2 Å². The summed E-state index contributed by atoms with van der Waals surface area (Å²) in [5, 5.41) is 0. The highest BCUT2D eigenvalue weighted by molar-refractivity contribution is 7.92. The number of likely N-dealkylation sites (tertiary alicyclic amines) is 1. The van der Waals surface area contributed by atoms with Crippen LogP contribution in [0.25, 0.3) is 5.69 Å². The second kappa shape index (κ2) is 10.7. The summed E-state index contributed by atoms with van der Waals surface area (Å²) >= 11 is 0. The molecule has 1 N–H and O–H groups in total. The molecule has 0 radical (unpaired) electrons. The number of benzene rings is 1. The molecule has 192 valence electrons. The van der Waals surface area contributed by atoms with E-state index in [0.717, 1.165) is 43.0 Å². The Balaban J connectivity index is 1.54. The molecular weight excluding hydrogens is 482 g/mol. The van der Waals surface area contributed by atoms with E-state index < -0.39 is 10.0 Å². The van der Waals surface area contributed by atoms with E-state index in [-0.39, 0.29) is 28.4 Å². The summed E-state index contributed by atoms with van der Waals surface area (Å²) in [6.07, 6.45) is 3.49. The summed E-state index contributed by atoms with van der Waals surface area (Å²) in [7, 11) is -1.14. The van der Waals surface area contributed by atoms with Crippen molar-refractivity contribution in [2.45, 2.75) is 38.0 Å². The maximum absolute atomic E-state index is 13.0. The van der Waals surface area contributed by atoms with Gasteiger partial charge in [0, 0.05) is 28.7 Å². The number of piperidine rings is 1. The van der Waals surface area contributed by atoms with Gasteiger partial charge in [0.15, 0.2) is 11.6 Å². The molecule has 0 amide bonds. The van der Waals surface area contributed by atoms with Gasteiger partial charge in [-0.3, -0.25) is 14.4 Å². The quantitative estimate of drug-likeness (QED) is 0.433. The van der Waals surface area contributed by atoms with Crippen molar-refractivity contribution < 1.29 is 22.7 Å². The highest BCUT2D eigenvalue weighted by atomic mass is 32.2. The third kappa shape index (κ3) is 5.52. The molecule has 10 nitrogen and oxygen atoms in total. The monoisotopic (exact) mass is 513 g/mol. The second-order valence-corrected chi connectivity index (χ2v) is 10.4. The lowest BCUT2D eigenvalue weighted by molar-refractivity contribution is 0.0915. The zero-order valence-corrected chi connectivity index (χ0v) is 21.8. The minimum Gasteiger partial charge on any atom is -0.481 e. The third-order valence-electron chi connectivity index (χ3n) is 6.27.